The summed E-state index contributed by atoms with van der Waals surface area (Å²) in [7, 11) is 0. The molecule has 1 atom stereocenters. The largest absolute Gasteiger partial charge is 0.253 e. The topological polar surface area (TPSA) is 39.4 Å². The Bertz CT molecular complexity index is 4910. The maximum Gasteiger partial charge on any atom is 0.107 e. The molecule has 0 N–H and O–H groups in total. The van der Waals surface area contributed by atoms with Crippen LogP contribution in [0.1, 0.15) is 22.7 Å². The Morgan fingerprint density at radius 3 is 1.58 bits per heavy atom. The molecule has 6 heteroatoms. The van der Waals surface area contributed by atoms with Crippen molar-refractivity contribution >= 4 is 44.9 Å². The van der Waals surface area contributed by atoms with Crippen molar-refractivity contribution in [1.82, 2.24) is 4.68 Å². The zero-order valence-corrected chi connectivity index (χ0v) is 45.2. The molecule has 0 bridgehead atoms. The molecule has 16 rings (SSSR count). The van der Waals surface area contributed by atoms with Crippen LogP contribution >= 0.6 is 0 Å². The van der Waals surface area contributed by atoms with Crippen molar-refractivity contribution in [2.75, 3.05) is 15.2 Å². The van der Waals surface area contributed by atoms with Crippen molar-refractivity contribution in [2.24, 2.45) is 9.98 Å². The number of hydrogen-bond donors (Lipinski definition) is 0. The minimum Gasteiger partial charge on any atom is -0.253 e. The summed E-state index contributed by atoms with van der Waals surface area (Å²) in [5.41, 5.74) is 20.9. The minimum absolute atomic E-state index is 0.606. The van der Waals surface area contributed by atoms with Crippen molar-refractivity contribution in [3.63, 3.8) is 0 Å². The van der Waals surface area contributed by atoms with E-state index >= 15 is 0 Å². The number of hydrogen-bond acceptors (Lipinski definition) is 5. The van der Waals surface area contributed by atoms with Gasteiger partial charge < -0.3 is 0 Å². The predicted molar refractivity (Wildman–Crippen MR) is 340 cm³/mol. The van der Waals surface area contributed by atoms with Gasteiger partial charge in [0.25, 0.3) is 0 Å². The van der Waals surface area contributed by atoms with Crippen LogP contribution in [0.4, 0.5) is 22.7 Å². The highest BCUT2D eigenvalue weighted by Gasteiger charge is 2.48. The summed E-state index contributed by atoms with van der Waals surface area (Å²) in [5, 5.41) is 12.8. The molecule has 390 valence electrons. The first-order chi connectivity index (χ1) is 41.2. The second-order valence-corrected chi connectivity index (χ2v) is 21.2. The molecule has 3 aliphatic heterocycles. The lowest BCUT2D eigenvalue weighted by atomic mass is 9.78. The van der Waals surface area contributed by atoms with E-state index in [-0.39, 0.29) is 0 Å². The predicted octanol–water partition coefficient (Wildman–Crippen LogP) is 17.9. The van der Waals surface area contributed by atoms with Crippen molar-refractivity contribution in [1.29, 1.82) is 0 Å². The van der Waals surface area contributed by atoms with Crippen LogP contribution in [-0.4, -0.2) is 4.68 Å². The Kier molecular flexibility index (Phi) is 11.5. The SMILES string of the molecule is c1ccc(C2=C(c3ccccc3-c3ccccc3)C(c3c(-c4ccccc4)ccc4c3-c3c5c(ccc3=N4)=c3ccccc3=N5)N(c3ccccc3)N(c3ccccc3-c3ccccc3)N2n2c(-c3ccccc3)cc3ccccc32)cc1. The molecule has 4 heterocycles. The molecular formula is C77H52N6. The van der Waals surface area contributed by atoms with Gasteiger partial charge in [0.15, 0.2) is 0 Å². The standard InChI is InChI=1S/C77H52N6/c1-7-27-52(28-8-1)59-40-20-21-43-63(59)72-76(56-35-15-5-16-36-56)83(81-68-45-25-19-37-57(68)51-70(81)55-33-13-4-14-34-55)82(69-46-26-23-41-60(69)53-29-9-2-10-30-53)80(58-38-17-6-18-39-58)77(72)71-61(54-31-11-3-12-32-54)47-49-66-73(71)74-67(78-66)50-48-64-62-42-22-24-44-65(62)79-75(64)74/h1-51,77H. The van der Waals surface area contributed by atoms with E-state index in [0.29, 0.717) is 0 Å². The summed E-state index contributed by atoms with van der Waals surface area (Å²) in [6, 6.07) is 112. The Hall–Kier alpha value is -11.1. The van der Waals surface area contributed by atoms with Crippen molar-refractivity contribution < 1.29 is 0 Å². The summed E-state index contributed by atoms with van der Waals surface area (Å²) in [5.74, 6) is 0. The molecule has 0 radical (unpaired) electrons. The molecule has 12 aromatic carbocycles. The molecule has 0 amide bonds. The molecule has 0 aliphatic carbocycles. The monoisotopic (exact) mass is 1060 g/mol. The van der Waals surface area contributed by atoms with Crippen molar-refractivity contribution in [2.45, 2.75) is 6.04 Å². The third kappa shape index (κ3) is 7.87. The Morgan fingerprint density at radius 1 is 0.337 bits per heavy atom. The second-order valence-electron chi connectivity index (χ2n) is 21.2. The third-order valence-electron chi connectivity index (χ3n) is 16.5. The van der Waals surface area contributed by atoms with Gasteiger partial charge in [-0.05, 0) is 93.5 Å². The van der Waals surface area contributed by atoms with Crippen molar-refractivity contribution in [3.05, 3.63) is 347 Å². The van der Waals surface area contributed by atoms with Gasteiger partial charge in [-0.2, -0.15) is 10.2 Å². The summed E-state index contributed by atoms with van der Waals surface area (Å²) in [6.45, 7) is 0. The molecule has 83 heavy (non-hydrogen) atoms. The zero-order valence-electron chi connectivity index (χ0n) is 45.2. The first-order valence-electron chi connectivity index (χ1n) is 28.4. The fourth-order valence-electron chi connectivity index (χ4n) is 13.0. The maximum absolute atomic E-state index is 5.63. The van der Waals surface area contributed by atoms with E-state index in [1.807, 2.05) is 0 Å². The zero-order chi connectivity index (χ0) is 54.8. The van der Waals surface area contributed by atoms with Crippen LogP contribution in [-0.2, 0) is 0 Å². The van der Waals surface area contributed by atoms with Gasteiger partial charge in [0.1, 0.15) is 6.04 Å². The van der Waals surface area contributed by atoms with E-state index in [1.165, 1.54) is 0 Å². The average Bonchev–Trinajstić information content (AvgIpc) is 2.67. The number of para-hydroxylation sites is 4. The molecule has 0 saturated heterocycles. The van der Waals surface area contributed by atoms with E-state index in [4.69, 9.17) is 9.98 Å². The van der Waals surface area contributed by atoms with E-state index in [1.54, 1.807) is 0 Å². The van der Waals surface area contributed by atoms with E-state index in [9.17, 15) is 0 Å². The first-order valence-corrected chi connectivity index (χ1v) is 28.4. The molecule has 3 aliphatic rings. The van der Waals surface area contributed by atoms with Crippen LogP contribution in [0.5, 0.6) is 0 Å². The number of benzene rings is 12. The van der Waals surface area contributed by atoms with Crippen LogP contribution in [0.25, 0.3) is 77.9 Å². The Balaban J connectivity index is 1.17. The normalized spacial score (nSPS) is 14.0. The fourth-order valence-corrected chi connectivity index (χ4v) is 13.0. The fraction of sp³-hybridized carbons (Fsp3) is 0.0130. The first kappa shape index (κ1) is 47.9. The van der Waals surface area contributed by atoms with Crippen molar-refractivity contribution in [3.8, 4) is 55.8 Å². The third-order valence-corrected chi connectivity index (χ3v) is 16.5. The smallest absolute Gasteiger partial charge is 0.107 e. The van der Waals surface area contributed by atoms with Crippen LogP contribution < -0.4 is 26.0 Å². The quantitative estimate of drug-likeness (QED) is 0.137. The number of aromatic nitrogens is 1. The summed E-state index contributed by atoms with van der Waals surface area (Å²) >= 11 is 0. The summed E-state index contributed by atoms with van der Waals surface area (Å²) < 4.78 is 2.47. The van der Waals surface area contributed by atoms with Crippen LogP contribution in [0.3, 0.4) is 0 Å². The molecule has 1 aromatic heterocycles. The Labute approximate surface area is 481 Å². The average molecular weight is 1060 g/mol. The molecule has 0 fully saturated rings. The van der Waals surface area contributed by atoms with Crippen LogP contribution in [0.2, 0.25) is 0 Å². The van der Waals surface area contributed by atoms with Crippen LogP contribution in [0.15, 0.2) is 319 Å². The van der Waals surface area contributed by atoms with Gasteiger partial charge >= 0.3 is 0 Å². The second kappa shape index (κ2) is 19.9. The molecule has 6 nitrogen and oxygen atoms in total. The highest BCUT2D eigenvalue weighted by Crippen LogP contribution is 2.58. The maximum atomic E-state index is 5.63. The number of hydrazine groups is 2. The number of nitrogens with zero attached hydrogens (tertiary/aromatic N) is 6. The molecular weight excluding hydrogens is 1010 g/mol. The Morgan fingerprint density at radius 2 is 0.880 bits per heavy atom. The van der Waals surface area contributed by atoms with Gasteiger partial charge in [0.2, 0.25) is 0 Å². The number of fused-ring (bicyclic) bond motifs is 7. The number of anilines is 2. The van der Waals surface area contributed by atoms with Gasteiger partial charge in [0, 0.05) is 49.2 Å². The number of rotatable bonds is 10. The lowest BCUT2D eigenvalue weighted by Crippen LogP contribution is -2.62. The molecule has 1 unspecified atom stereocenters. The highest BCUT2D eigenvalue weighted by atomic mass is 16.0. The van der Waals surface area contributed by atoms with Gasteiger partial charge in [-0.25, -0.2) is 14.7 Å². The van der Waals surface area contributed by atoms with E-state index < -0.39 is 6.04 Å². The van der Waals surface area contributed by atoms with Gasteiger partial charge in [-0.3, -0.25) is 5.01 Å². The minimum atomic E-state index is -0.606. The summed E-state index contributed by atoms with van der Waals surface area (Å²) in [4.78, 5) is 11.2. The lowest BCUT2D eigenvalue weighted by Gasteiger charge is -2.55. The van der Waals surface area contributed by atoms with Gasteiger partial charge in [0.05, 0.1) is 50.4 Å². The van der Waals surface area contributed by atoms with Gasteiger partial charge in [-0.1, -0.05) is 255 Å². The van der Waals surface area contributed by atoms with Crippen LogP contribution in [0, 0.1) is 10.4 Å². The molecule has 0 spiro atoms. The van der Waals surface area contributed by atoms with Gasteiger partial charge in [-0.15, -0.1) is 0 Å². The summed E-state index contributed by atoms with van der Waals surface area (Å²) in [6.07, 6.45) is 0. The molecule has 13 aromatic rings. The lowest BCUT2D eigenvalue weighted by molar-refractivity contribution is 0.577. The highest BCUT2D eigenvalue weighted by molar-refractivity contribution is 6.08. The molecule has 0 saturated carbocycles. The van der Waals surface area contributed by atoms with E-state index in [2.05, 4.69) is 329 Å². The van der Waals surface area contributed by atoms with E-state index in [0.717, 1.165) is 139 Å².